The summed E-state index contributed by atoms with van der Waals surface area (Å²) in [6.07, 6.45) is 3.03. The molecule has 13 heteroatoms. The predicted octanol–water partition coefficient (Wildman–Crippen LogP) is 6.67. The van der Waals surface area contributed by atoms with Crippen LogP contribution in [0.2, 0.25) is 0 Å². The van der Waals surface area contributed by atoms with Gasteiger partial charge in [-0.1, -0.05) is 19.1 Å². The number of rotatable bonds is 7. The Hall–Kier alpha value is -4.91. The van der Waals surface area contributed by atoms with E-state index in [1.807, 2.05) is 31.7 Å². The summed E-state index contributed by atoms with van der Waals surface area (Å²) >= 11 is 0. The summed E-state index contributed by atoms with van der Waals surface area (Å²) in [5.74, 6) is -0.633. The monoisotopic (exact) mass is 685 g/mol. The number of anilines is 2. The van der Waals surface area contributed by atoms with Gasteiger partial charge in [-0.05, 0) is 80.3 Å². The lowest BCUT2D eigenvalue weighted by atomic mass is 9.94. The molecule has 0 amide bonds. The Morgan fingerprint density at radius 3 is 2.80 bits per heavy atom. The average Bonchev–Trinajstić information content (AvgIpc) is 3.58. The lowest BCUT2D eigenvalue weighted by Gasteiger charge is -2.35. The number of aromatic hydroxyl groups is 1. The quantitative estimate of drug-likeness (QED) is 0.192. The third-order valence-electron chi connectivity index (χ3n) is 10.6. The molecule has 0 radical (unpaired) electrons. The van der Waals surface area contributed by atoms with Crippen LogP contribution in [0.4, 0.5) is 24.8 Å². The molecule has 8 rings (SSSR count). The molecule has 3 aliphatic rings. The van der Waals surface area contributed by atoms with Crippen LogP contribution < -0.4 is 20.1 Å². The zero-order valence-electron chi connectivity index (χ0n) is 28.1. The number of nitrogens with two attached hydrogens (primary N) is 1. The molecule has 4 atom stereocenters. The Labute approximate surface area is 287 Å². The van der Waals surface area contributed by atoms with Crippen LogP contribution in [0.15, 0.2) is 42.6 Å². The fraction of sp³-hybridized carbons (Fsp3) is 0.405. The molecular formula is C37H38F3N7O3. The third kappa shape index (κ3) is 5.12. The molecule has 0 unspecified atom stereocenters. The van der Waals surface area contributed by atoms with Gasteiger partial charge in [0.05, 0.1) is 17.6 Å². The minimum Gasteiger partial charge on any atom is -0.508 e. The van der Waals surface area contributed by atoms with Gasteiger partial charge < -0.3 is 25.2 Å². The highest BCUT2D eigenvalue weighted by Gasteiger charge is 2.49. The number of phenolic OH excluding ortho intramolecular Hbond substituents is 1. The van der Waals surface area contributed by atoms with Crippen LogP contribution in [-0.4, -0.2) is 74.0 Å². The van der Waals surface area contributed by atoms with Crippen LogP contribution in [0.1, 0.15) is 57.2 Å². The van der Waals surface area contributed by atoms with Crippen molar-refractivity contribution in [3.63, 3.8) is 0 Å². The van der Waals surface area contributed by atoms with E-state index < -0.39 is 29.4 Å². The van der Waals surface area contributed by atoms with Gasteiger partial charge >= 0.3 is 6.01 Å². The highest BCUT2D eigenvalue weighted by atomic mass is 19.1. The van der Waals surface area contributed by atoms with Gasteiger partial charge in [-0.25, -0.2) is 23.1 Å². The summed E-state index contributed by atoms with van der Waals surface area (Å²) in [6.45, 7) is 7.14. The first-order valence-electron chi connectivity index (χ1n) is 17.1. The Kier molecular flexibility index (Phi) is 7.85. The van der Waals surface area contributed by atoms with Crippen molar-refractivity contribution in [2.24, 2.45) is 0 Å². The number of fused-ring (bicyclic) bond motifs is 2. The number of ether oxygens (including phenoxy) is 2. The van der Waals surface area contributed by atoms with Crippen molar-refractivity contribution in [3.8, 4) is 28.9 Å². The molecule has 2 aromatic carbocycles. The fourth-order valence-electron chi connectivity index (χ4n) is 8.30. The number of phenols is 1. The summed E-state index contributed by atoms with van der Waals surface area (Å²) in [4.78, 5) is 22.6. The summed E-state index contributed by atoms with van der Waals surface area (Å²) in [6, 6.07) is 8.66. The number of halogens is 3. The standard InChI is InChI=1S/C37H38F3N7O3/c1-4-24-27(39)9-8-21-13-23(48)14-26(28(21)24)31-30(40)32-29-34(45-36(44-32)50-18-37-10-6-12-46(37)16-22(38)15-37)47(19(2)17-49-35(29)43-31)20(3)25-7-5-11-42-33(25)41/h5,7-9,11,13-14,19-20,22,48H,4,6,10,12,15-18H2,1-3H3,(H2,41,42)/t19-,20+,22+,37-/m0/s1. The van der Waals surface area contributed by atoms with Crippen molar-refractivity contribution >= 4 is 33.3 Å². The summed E-state index contributed by atoms with van der Waals surface area (Å²) in [5, 5.41) is 11.9. The van der Waals surface area contributed by atoms with E-state index in [4.69, 9.17) is 25.2 Å². The van der Waals surface area contributed by atoms with E-state index in [9.17, 15) is 9.50 Å². The van der Waals surface area contributed by atoms with Crippen LogP contribution in [0.25, 0.3) is 32.9 Å². The van der Waals surface area contributed by atoms with Gasteiger partial charge in [-0.15, -0.1) is 0 Å². The second kappa shape index (κ2) is 12.1. The van der Waals surface area contributed by atoms with Crippen molar-refractivity contribution < 1.29 is 27.8 Å². The number of aromatic nitrogens is 4. The topological polar surface area (TPSA) is 123 Å². The zero-order valence-corrected chi connectivity index (χ0v) is 28.1. The smallest absolute Gasteiger partial charge is 0.319 e. The first-order chi connectivity index (χ1) is 24.1. The summed E-state index contributed by atoms with van der Waals surface area (Å²) in [5.41, 5.74) is 6.87. The number of aryl methyl sites for hydroxylation is 1. The number of nitrogen functional groups attached to an aromatic ring is 1. The van der Waals surface area contributed by atoms with Gasteiger partial charge in [0, 0.05) is 30.3 Å². The maximum absolute atomic E-state index is 17.3. The van der Waals surface area contributed by atoms with Crippen molar-refractivity contribution in [1.82, 2.24) is 24.8 Å². The van der Waals surface area contributed by atoms with Crippen LogP contribution in [-0.2, 0) is 6.42 Å². The molecule has 3 N–H and O–H groups in total. The molecule has 3 aliphatic heterocycles. The normalized spacial score (nSPS) is 22.5. The highest BCUT2D eigenvalue weighted by Crippen LogP contribution is 2.46. The van der Waals surface area contributed by atoms with Crippen molar-refractivity contribution in [2.45, 2.75) is 70.2 Å². The van der Waals surface area contributed by atoms with E-state index in [0.29, 0.717) is 47.4 Å². The molecule has 3 aromatic heterocycles. The van der Waals surface area contributed by atoms with E-state index in [1.54, 1.807) is 18.3 Å². The van der Waals surface area contributed by atoms with Crippen molar-refractivity contribution in [2.75, 3.05) is 36.9 Å². The largest absolute Gasteiger partial charge is 0.508 e. The number of nitrogens with zero attached hydrogens (tertiary/aromatic N) is 6. The van der Waals surface area contributed by atoms with Crippen molar-refractivity contribution in [1.29, 1.82) is 0 Å². The second-order valence-corrected chi connectivity index (χ2v) is 13.7. The van der Waals surface area contributed by atoms with E-state index in [1.165, 1.54) is 18.2 Å². The molecule has 50 heavy (non-hydrogen) atoms. The molecule has 0 spiro atoms. The molecule has 5 aromatic rings. The van der Waals surface area contributed by atoms with Gasteiger partial charge in [-0.3, -0.25) is 4.90 Å². The molecule has 2 fully saturated rings. The Bertz CT molecular complexity index is 2150. The molecule has 10 nitrogen and oxygen atoms in total. The minimum absolute atomic E-state index is 0.0791. The number of alkyl halides is 1. The molecule has 260 valence electrons. The number of hydrogen-bond acceptors (Lipinski definition) is 10. The van der Waals surface area contributed by atoms with Crippen LogP contribution in [0, 0.1) is 11.6 Å². The molecule has 0 bridgehead atoms. The molecular weight excluding hydrogens is 647 g/mol. The summed E-state index contributed by atoms with van der Waals surface area (Å²) < 4.78 is 59.7. The maximum Gasteiger partial charge on any atom is 0.319 e. The number of hydrogen-bond donors (Lipinski definition) is 2. The predicted molar refractivity (Wildman–Crippen MR) is 184 cm³/mol. The van der Waals surface area contributed by atoms with Crippen LogP contribution in [0.3, 0.4) is 0 Å². The van der Waals surface area contributed by atoms with Gasteiger partial charge in [-0.2, -0.15) is 9.97 Å². The van der Waals surface area contributed by atoms with E-state index in [-0.39, 0.29) is 59.1 Å². The molecule has 0 aliphatic carbocycles. The Balaban J connectivity index is 1.36. The first kappa shape index (κ1) is 32.3. The molecule has 0 saturated carbocycles. The minimum atomic E-state index is -0.955. The lowest BCUT2D eigenvalue weighted by Crippen LogP contribution is -2.43. The molecule has 2 saturated heterocycles. The summed E-state index contributed by atoms with van der Waals surface area (Å²) in [7, 11) is 0. The fourth-order valence-corrected chi connectivity index (χ4v) is 8.30. The first-order valence-corrected chi connectivity index (χ1v) is 17.1. The zero-order chi connectivity index (χ0) is 34.9. The van der Waals surface area contributed by atoms with Gasteiger partial charge in [0.25, 0.3) is 0 Å². The van der Waals surface area contributed by atoms with Crippen LogP contribution >= 0.6 is 0 Å². The Morgan fingerprint density at radius 2 is 2.00 bits per heavy atom. The van der Waals surface area contributed by atoms with E-state index in [0.717, 1.165) is 24.9 Å². The van der Waals surface area contributed by atoms with Gasteiger partial charge in [0.2, 0.25) is 5.88 Å². The third-order valence-corrected chi connectivity index (χ3v) is 10.6. The average molecular weight is 686 g/mol. The lowest BCUT2D eigenvalue weighted by molar-refractivity contribution is 0.107. The van der Waals surface area contributed by atoms with Gasteiger partial charge in [0.15, 0.2) is 5.82 Å². The maximum atomic E-state index is 17.3. The van der Waals surface area contributed by atoms with Gasteiger partial charge in [0.1, 0.15) is 59.2 Å². The van der Waals surface area contributed by atoms with Crippen molar-refractivity contribution in [3.05, 3.63) is 65.4 Å². The van der Waals surface area contributed by atoms with E-state index in [2.05, 4.69) is 14.9 Å². The second-order valence-electron chi connectivity index (χ2n) is 13.7. The highest BCUT2D eigenvalue weighted by molar-refractivity contribution is 6.03. The number of pyridine rings is 2. The Morgan fingerprint density at radius 1 is 1.16 bits per heavy atom. The molecule has 6 heterocycles. The van der Waals surface area contributed by atoms with E-state index >= 15 is 8.78 Å². The SMILES string of the molecule is CCc1c(F)ccc2cc(O)cc(-c3nc4c5c(nc(OC[C@@]67CCCN6C[C@H](F)C7)nc5c3F)N([C@H](C)c3cccnc3N)[C@@H](C)CO4)c12. The number of benzene rings is 2. The van der Waals surface area contributed by atoms with Crippen LogP contribution in [0.5, 0.6) is 17.6 Å².